The molecule has 1 aromatic heterocycles. The van der Waals surface area contributed by atoms with Gasteiger partial charge in [0.2, 0.25) is 7.29 Å². The first-order chi connectivity index (χ1) is 16.8. The Morgan fingerprint density at radius 1 is 0.886 bits per heavy atom. The lowest BCUT2D eigenvalue weighted by molar-refractivity contribution is -0.384. The van der Waals surface area contributed by atoms with Crippen LogP contribution in [0.3, 0.4) is 0 Å². The fourth-order valence-corrected chi connectivity index (χ4v) is 6.99. The van der Waals surface area contributed by atoms with Gasteiger partial charge in [-0.05, 0) is 23.3 Å². The minimum atomic E-state index is -3.46. The van der Waals surface area contributed by atoms with E-state index in [4.69, 9.17) is 23.2 Å². The van der Waals surface area contributed by atoms with E-state index in [0.717, 1.165) is 0 Å². The van der Waals surface area contributed by atoms with Gasteiger partial charge < -0.3 is 5.09 Å². The standard InChI is InChI=1S/C25H18Cl2N3O3PS/c26-22(18-7-3-1-4-8-18)15-34(33,16-23(27)19-9-5-2-6-10-19)29-25-28-24(17-35-25)20-11-13-21(14-12-20)30(31)32/h1-17H,(H,28,29,33)/b22-15-,23-16+. The average Bonchev–Trinajstić information content (AvgIpc) is 3.33. The highest BCUT2D eigenvalue weighted by Gasteiger charge is 2.21. The number of thiazole rings is 1. The fraction of sp³-hybridized carbons (Fsp3) is 0. The minimum Gasteiger partial charge on any atom is -0.306 e. The third-order valence-corrected chi connectivity index (χ3v) is 8.57. The molecule has 0 amide bonds. The molecule has 1 N–H and O–H groups in total. The summed E-state index contributed by atoms with van der Waals surface area (Å²) in [4.78, 5) is 15.0. The fourth-order valence-electron chi connectivity index (χ4n) is 3.14. The van der Waals surface area contributed by atoms with E-state index >= 15 is 0 Å². The summed E-state index contributed by atoms with van der Waals surface area (Å²) in [6, 6.07) is 24.5. The highest BCUT2D eigenvalue weighted by Crippen LogP contribution is 2.54. The lowest BCUT2D eigenvalue weighted by Crippen LogP contribution is -1.94. The summed E-state index contributed by atoms with van der Waals surface area (Å²) >= 11 is 14.3. The van der Waals surface area contributed by atoms with Gasteiger partial charge in [-0.3, -0.25) is 14.7 Å². The average molecular weight is 542 g/mol. The van der Waals surface area contributed by atoms with Crippen LogP contribution in [-0.4, -0.2) is 9.91 Å². The van der Waals surface area contributed by atoms with E-state index in [9.17, 15) is 14.7 Å². The van der Waals surface area contributed by atoms with E-state index in [1.54, 1.807) is 17.5 Å². The number of nitro benzene ring substituents is 1. The lowest BCUT2D eigenvalue weighted by atomic mass is 10.1. The van der Waals surface area contributed by atoms with E-state index in [1.165, 1.54) is 35.1 Å². The van der Waals surface area contributed by atoms with Gasteiger partial charge in [-0.2, -0.15) is 0 Å². The molecule has 1 atom stereocenters. The normalized spacial score (nSPS) is 13.8. The van der Waals surface area contributed by atoms with Crippen LogP contribution >= 0.6 is 41.8 Å². The van der Waals surface area contributed by atoms with Gasteiger partial charge >= 0.3 is 0 Å². The molecule has 35 heavy (non-hydrogen) atoms. The summed E-state index contributed by atoms with van der Waals surface area (Å²) in [5.74, 6) is 2.92. The van der Waals surface area contributed by atoms with E-state index < -0.39 is 12.2 Å². The van der Waals surface area contributed by atoms with E-state index in [-0.39, 0.29) is 5.69 Å². The van der Waals surface area contributed by atoms with Crippen molar-refractivity contribution >= 4 is 62.7 Å². The van der Waals surface area contributed by atoms with Crippen LogP contribution in [0.1, 0.15) is 11.1 Å². The summed E-state index contributed by atoms with van der Waals surface area (Å²) in [6.45, 7) is 0. The number of hydrogen-bond acceptors (Lipinski definition) is 5. The van der Waals surface area contributed by atoms with Crippen molar-refractivity contribution in [2.24, 2.45) is 0 Å². The van der Waals surface area contributed by atoms with Crippen LogP contribution in [0.15, 0.2) is 102 Å². The highest BCUT2D eigenvalue weighted by atomic mass is 35.5. The number of non-ortho nitro benzene ring substituents is 1. The zero-order chi connectivity index (χ0) is 24.8. The van der Waals surface area contributed by atoms with Gasteiger partial charge in [0.25, 0.3) is 5.69 Å². The Morgan fingerprint density at radius 3 is 1.89 bits per heavy atom. The van der Waals surface area contributed by atoms with E-state index in [1.807, 2.05) is 60.7 Å². The van der Waals surface area contributed by atoms with E-state index in [2.05, 4.69) is 10.1 Å². The smallest absolute Gasteiger partial charge is 0.269 e. The monoisotopic (exact) mass is 541 g/mol. The summed E-state index contributed by atoms with van der Waals surface area (Å²) in [5, 5.41) is 16.7. The molecular weight excluding hydrogens is 524 g/mol. The molecule has 3 aromatic carbocycles. The van der Waals surface area contributed by atoms with Crippen LogP contribution in [-0.2, 0) is 4.57 Å². The van der Waals surface area contributed by atoms with Crippen molar-refractivity contribution in [3.8, 4) is 11.3 Å². The molecule has 1 heterocycles. The number of benzene rings is 3. The molecule has 4 rings (SSSR count). The molecule has 0 radical (unpaired) electrons. The predicted molar refractivity (Wildman–Crippen MR) is 146 cm³/mol. The van der Waals surface area contributed by atoms with Gasteiger partial charge in [0.05, 0.1) is 20.7 Å². The highest BCUT2D eigenvalue weighted by molar-refractivity contribution is 7.72. The van der Waals surface area contributed by atoms with Crippen LogP contribution < -0.4 is 5.09 Å². The zero-order valence-electron chi connectivity index (χ0n) is 18.0. The van der Waals surface area contributed by atoms with Crippen molar-refractivity contribution in [1.29, 1.82) is 0 Å². The van der Waals surface area contributed by atoms with Crippen molar-refractivity contribution < 1.29 is 9.49 Å². The lowest BCUT2D eigenvalue weighted by Gasteiger charge is -2.13. The molecule has 0 aliphatic heterocycles. The van der Waals surface area contributed by atoms with Gasteiger partial charge in [0.15, 0.2) is 5.13 Å². The largest absolute Gasteiger partial charge is 0.306 e. The molecule has 4 aromatic rings. The second-order valence-electron chi connectivity index (χ2n) is 7.35. The summed E-state index contributed by atoms with van der Waals surface area (Å²) < 4.78 is 14.1. The molecule has 6 nitrogen and oxygen atoms in total. The molecule has 1 unspecified atom stereocenters. The number of anilines is 1. The van der Waals surface area contributed by atoms with Crippen LogP contribution in [0.4, 0.5) is 10.8 Å². The molecule has 0 fully saturated rings. The van der Waals surface area contributed by atoms with Crippen molar-refractivity contribution in [3.63, 3.8) is 0 Å². The van der Waals surface area contributed by atoms with Crippen LogP contribution in [0, 0.1) is 10.1 Å². The Labute approximate surface area is 216 Å². The third-order valence-electron chi connectivity index (χ3n) is 4.86. The number of nitro groups is 1. The van der Waals surface area contributed by atoms with Crippen molar-refractivity contribution in [2.75, 3.05) is 5.09 Å². The molecule has 0 saturated carbocycles. The summed E-state index contributed by atoms with van der Waals surface area (Å²) in [5.41, 5.74) is 2.71. The van der Waals surface area contributed by atoms with Gasteiger partial charge in [0.1, 0.15) is 0 Å². The van der Waals surface area contributed by atoms with Gasteiger partial charge in [0, 0.05) is 34.7 Å². The quantitative estimate of drug-likeness (QED) is 0.137. The molecular formula is C25H18Cl2N3O3PS. The number of nitrogens with zero attached hydrogens (tertiary/aromatic N) is 2. The Bertz CT molecular complexity index is 1380. The van der Waals surface area contributed by atoms with Gasteiger partial charge in [-0.1, -0.05) is 83.9 Å². The number of halogens is 2. The topological polar surface area (TPSA) is 85.1 Å². The van der Waals surface area contributed by atoms with Crippen molar-refractivity contribution in [1.82, 2.24) is 4.98 Å². The third kappa shape index (κ3) is 6.47. The van der Waals surface area contributed by atoms with Crippen molar-refractivity contribution in [2.45, 2.75) is 0 Å². The SMILES string of the molecule is O=[N+]([O-])c1ccc(-c2csc(NP(=O)(/C=C(\Cl)c3ccccc3)/C=C(/Cl)c3ccccc3)n2)cc1. The molecule has 0 bridgehead atoms. The second-order valence-corrected chi connectivity index (χ2v) is 11.2. The molecule has 0 saturated heterocycles. The molecule has 176 valence electrons. The van der Waals surface area contributed by atoms with Gasteiger partial charge in [-0.25, -0.2) is 4.98 Å². The first-order valence-corrected chi connectivity index (χ1v) is 13.8. The van der Waals surface area contributed by atoms with Crippen molar-refractivity contribution in [3.05, 3.63) is 123 Å². The van der Waals surface area contributed by atoms with E-state index in [0.29, 0.717) is 37.6 Å². The van der Waals surface area contributed by atoms with Crippen LogP contribution in [0.25, 0.3) is 21.3 Å². The Kier molecular flexibility index (Phi) is 7.83. The van der Waals surface area contributed by atoms with Crippen LogP contribution in [0.2, 0.25) is 0 Å². The summed E-state index contributed by atoms with van der Waals surface area (Å²) in [7, 11) is -3.46. The Morgan fingerprint density at radius 2 is 1.40 bits per heavy atom. The maximum absolute atomic E-state index is 14.1. The Hall–Kier alpha value is -3.22. The first kappa shape index (κ1) is 24.9. The Balaban J connectivity index is 1.68. The molecule has 0 aliphatic rings. The number of aromatic nitrogens is 1. The predicted octanol–water partition coefficient (Wildman–Crippen LogP) is 8.88. The number of hydrogen-bond donors (Lipinski definition) is 1. The number of rotatable bonds is 8. The van der Waals surface area contributed by atoms with Crippen LogP contribution in [0.5, 0.6) is 0 Å². The maximum Gasteiger partial charge on any atom is 0.269 e. The minimum absolute atomic E-state index is 0.00629. The maximum atomic E-state index is 14.1. The molecule has 0 spiro atoms. The summed E-state index contributed by atoms with van der Waals surface area (Å²) in [6.07, 6.45) is 0. The first-order valence-electron chi connectivity index (χ1n) is 10.3. The zero-order valence-corrected chi connectivity index (χ0v) is 21.3. The second kappa shape index (κ2) is 11.0. The van der Waals surface area contributed by atoms with Gasteiger partial charge in [-0.15, -0.1) is 11.3 Å². The molecule has 10 heteroatoms. The molecule has 0 aliphatic carbocycles. The number of nitrogens with one attached hydrogen (secondary N) is 1.